The van der Waals surface area contributed by atoms with Crippen molar-refractivity contribution in [3.05, 3.63) is 23.9 Å². The van der Waals surface area contributed by atoms with E-state index < -0.39 is 0 Å². The third kappa shape index (κ3) is 3.83. The molecule has 0 fully saturated rings. The van der Waals surface area contributed by atoms with E-state index >= 15 is 0 Å². The molecule has 0 aliphatic rings. The highest BCUT2D eigenvalue weighted by molar-refractivity contribution is 7.99. The molecule has 0 aliphatic carbocycles. The van der Waals surface area contributed by atoms with E-state index in [1.807, 2.05) is 19.1 Å². The van der Waals surface area contributed by atoms with Crippen molar-refractivity contribution in [2.24, 2.45) is 5.73 Å². The van der Waals surface area contributed by atoms with E-state index in [-0.39, 0.29) is 12.0 Å². The summed E-state index contributed by atoms with van der Waals surface area (Å²) in [5.74, 6) is 0.453. The number of hydrogen-bond donors (Lipinski definition) is 1. The van der Waals surface area contributed by atoms with E-state index in [4.69, 9.17) is 5.73 Å². The predicted octanol–water partition coefficient (Wildman–Crippen LogP) is 1.76. The van der Waals surface area contributed by atoms with E-state index in [2.05, 4.69) is 9.72 Å². The number of hydrogen-bond acceptors (Lipinski definition) is 5. The lowest BCUT2D eigenvalue weighted by Crippen LogP contribution is -2.08. The Labute approximate surface area is 99.6 Å². The van der Waals surface area contributed by atoms with Crippen LogP contribution in [-0.2, 0) is 9.53 Å². The molecule has 2 N–H and O–H groups in total. The minimum atomic E-state index is -0.203. The summed E-state index contributed by atoms with van der Waals surface area (Å²) in [6.07, 6.45) is 2.11. The van der Waals surface area contributed by atoms with Crippen molar-refractivity contribution in [2.45, 2.75) is 24.4 Å². The quantitative estimate of drug-likeness (QED) is 0.627. The van der Waals surface area contributed by atoms with Gasteiger partial charge in [0.1, 0.15) is 5.03 Å². The SMILES string of the molecule is COC(=O)CCSc1ncccc1[C@H](C)N. The van der Waals surface area contributed by atoms with Gasteiger partial charge < -0.3 is 10.5 Å². The highest BCUT2D eigenvalue weighted by Crippen LogP contribution is 2.24. The summed E-state index contributed by atoms with van der Waals surface area (Å²) >= 11 is 1.53. The zero-order valence-corrected chi connectivity index (χ0v) is 10.3. The van der Waals surface area contributed by atoms with Crippen LogP contribution in [0.15, 0.2) is 23.4 Å². The number of ether oxygens (including phenoxy) is 1. The molecular weight excluding hydrogens is 224 g/mol. The molecule has 0 saturated carbocycles. The lowest BCUT2D eigenvalue weighted by atomic mass is 10.2. The van der Waals surface area contributed by atoms with Gasteiger partial charge in [0, 0.05) is 23.6 Å². The van der Waals surface area contributed by atoms with Crippen LogP contribution in [0.5, 0.6) is 0 Å². The molecule has 1 atom stereocenters. The Balaban J connectivity index is 2.56. The average Bonchev–Trinajstić information content (AvgIpc) is 2.29. The Hall–Kier alpha value is -1.07. The van der Waals surface area contributed by atoms with Crippen molar-refractivity contribution in [3.63, 3.8) is 0 Å². The van der Waals surface area contributed by atoms with Crippen LogP contribution in [0.1, 0.15) is 24.9 Å². The summed E-state index contributed by atoms with van der Waals surface area (Å²) < 4.78 is 4.57. The minimum absolute atomic E-state index is 0.0469. The molecule has 0 bridgehead atoms. The maximum absolute atomic E-state index is 10.9. The number of aromatic nitrogens is 1. The molecule has 1 aromatic rings. The fraction of sp³-hybridized carbons (Fsp3) is 0.455. The minimum Gasteiger partial charge on any atom is -0.469 e. The first kappa shape index (κ1) is 13.0. The van der Waals surface area contributed by atoms with Gasteiger partial charge in [-0.05, 0) is 13.0 Å². The van der Waals surface area contributed by atoms with Gasteiger partial charge in [-0.15, -0.1) is 11.8 Å². The number of nitrogens with two attached hydrogens (primary N) is 1. The Kier molecular flexibility index (Phi) is 5.28. The summed E-state index contributed by atoms with van der Waals surface area (Å²) in [6.45, 7) is 1.92. The zero-order valence-electron chi connectivity index (χ0n) is 9.47. The van der Waals surface area contributed by atoms with E-state index in [0.29, 0.717) is 12.2 Å². The number of nitrogens with zero attached hydrogens (tertiary/aromatic N) is 1. The van der Waals surface area contributed by atoms with Crippen molar-refractivity contribution >= 4 is 17.7 Å². The fourth-order valence-corrected chi connectivity index (χ4v) is 2.22. The molecule has 0 saturated heterocycles. The summed E-state index contributed by atoms with van der Waals surface area (Å²) in [5.41, 5.74) is 6.84. The Morgan fingerprint density at radius 2 is 2.44 bits per heavy atom. The van der Waals surface area contributed by atoms with Crippen molar-refractivity contribution < 1.29 is 9.53 Å². The molecular formula is C11H16N2O2S. The lowest BCUT2D eigenvalue weighted by molar-refractivity contribution is -0.140. The molecule has 0 aromatic carbocycles. The molecule has 5 heteroatoms. The first-order valence-corrected chi connectivity index (χ1v) is 6.03. The fourth-order valence-electron chi connectivity index (χ4n) is 1.20. The standard InChI is InChI=1S/C11H16N2O2S/c1-8(12)9-4-3-6-13-11(9)16-7-5-10(14)15-2/h3-4,6,8H,5,7,12H2,1-2H3/t8-/m0/s1. The van der Waals surface area contributed by atoms with Crippen molar-refractivity contribution in [3.8, 4) is 0 Å². The first-order valence-electron chi connectivity index (χ1n) is 5.05. The van der Waals surface area contributed by atoms with E-state index in [1.54, 1.807) is 6.20 Å². The third-order valence-corrected chi connectivity index (χ3v) is 3.09. The van der Waals surface area contributed by atoms with Gasteiger partial charge >= 0.3 is 5.97 Å². The van der Waals surface area contributed by atoms with Crippen LogP contribution in [0, 0.1) is 0 Å². The van der Waals surface area contributed by atoms with Gasteiger partial charge in [0.15, 0.2) is 0 Å². The average molecular weight is 240 g/mol. The number of methoxy groups -OCH3 is 1. The first-order chi connectivity index (χ1) is 7.65. The molecule has 0 amide bonds. The number of rotatable bonds is 5. The van der Waals surface area contributed by atoms with Crippen LogP contribution < -0.4 is 5.73 Å². The predicted molar refractivity (Wildman–Crippen MR) is 64.2 cm³/mol. The van der Waals surface area contributed by atoms with Gasteiger partial charge in [-0.1, -0.05) is 6.07 Å². The van der Waals surface area contributed by atoms with Crippen LogP contribution in [0.2, 0.25) is 0 Å². The van der Waals surface area contributed by atoms with E-state index in [0.717, 1.165) is 10.6 Å². The van der Waals surface area contributed by atoms with E-state index in [1.165, 1.54) is 18.9 Å². The summed E-state index contributed by atoms with van der Waals surface area (Å²) in [6, 6.07) is 3.77. The Morgan fingerprint density at radius 1 is 1.69 bits per heavy atom. The highest BCUT2D eigenvalue weighted by Gasteiger charge is 2.09. The normalized spacial score (nSPS) is 12.2. The number of thioether (sulfide) groups is 1. The Bertz CT molecular complexity index is 356. The number of pyridine rings is 1. The highest BCUT2D eigenvalue weighted by atomic mass is 32.2. The Morgan fingerprint density at radius 3 is 3.06 bits per heavy atom. The molecule has 1 heterocycles. The van der Waals surface area contributed by atoms with Crippen molar-refractivity contribution in [1.29, 1.82) is 0 Å². The van der Waals surface area contributed by atoms with Crippen LogP contribution >= 0.6 is 11.8 Å². The molecule has 16 heavy (non-hydrogen) atoms. The van der Waals surface area contributed by atoms with Crippen LogP contribution in [0.25, 0.3) is 0 Å². The van der Waals surface area contributed by atoms with Crippen LogP contribution in [-0.4, -0.2) is 23.8 Å². The van der Waals surface area contributed by atoms with E-state index in [9.17, 15) is 4.79 Å². The molecule has 0 aliphatic heterocycles. The number of esters is 1. The molecule has 0 unspecified atom stereocenters. The van der Waals surface area contributed by atoms with Gasteiger partial charge in [0.05, 0.1) is 13.5 Å². The van der Waals surface area contributed by atoms with Gasteiger partial charge in [0.2, 0.25) is 0 Å². The van der Waals surface area contributed by atoms with Gasteiger partial charge in [-0.3, -0.25) is 4.79 Å². The second-order valence-corrected chi connectivity index (χ2v) is 4.44. The van der Waals surface area contributed by atoms with Gasteiger partial charge in [0.25, 0.3) is 0 Å². The summed E-state index contributed by atoms with van der Waals surface area (Å²) in [4.78, 5) is 15.2. The largest absolute Gasteiger partial charge is 0.469 e. The molecule has 4 nitrogen and oxygen atoms in total. The van der Waals surface area contributed by atoms with Crippen LogP contribution in [0.4, 0.5) is 0 Å². The van der Waals surface area contributed by atoms with Crippen molar-refractivity contribution in [2.75, 3.05) is 12.9 Å². The number of carbonyl (C=O) groups is 1. The molecule has 88 valence electrons. The van der Waals surface area contributed by atoms with Gasteiger partial charge in [-0.2, -0.15) is 0 Å². The number of carbonyl (C=O) groups excluding carboxylic acids is 1. The third-order valence-electron chi connectivity index (χ3n) is 2.06. The second kappa shape index (κ2) is 6.50. The maximum atomic E-state index is 10.9. The maximum Gasteiger partial charge on any atom is 0.306 e. The monoisotopic (exact) mass is 240 g/mol. The zero-order chi connectivity index (χ0) is 12.0. The van der Waals surface area contributed by atoms with Crippen molar-refractivity contribution in [1.82, 2.24) is 4.98 Å². The topological polar surface area (TPSA) is 65.2 Å². The summed E-state index contributed by atoms with van der Waals surface area (Å²) in [7, 11) is 1.39. The van der Waals surface area contributed by atoms with Gasteiger partial charge in [-0.25, -0.2) is 4.98 Å². The molecule has 0 radical (unpaired) electrons. The van der Waals surface area contributed by atoms with Crippen LogP contribution in [0.3, 0.4) is 0 Å². The molecule has 1 aromatic heterocycles. The smallest absolute Gasteiger partial charge is 0.306 e. The second-order valence-electron chi connectivity index (χ2n) is 3.36. The molecule has 1 rings (SSSR count). The summed E-state index contributed by atoms with van der Waals surface area (Å²) in [5, 5.41) is 0.890. The lowest BCUT2D eigenvalue weighted by Gasteiger charge is -2.10. The molecule has 0 spiro atoms.